The largest absolute Gasteiger partial charge is 0.383 e. The van der Waals surface area contributed by atoms with Gasteiger partial charge in [-0.3, -0.25) is 4.57 Å². The Hall–Kier alpha value is -3.33. The van der Waals surface area contributed by atoms with Gasteiger partial charge in [0.05, 0.1) is 16.5 Å². The minimum absolute atomic E-state index is 0.862. The van der Waals surface area contributed by atoms with Crippen molar-refractivity contribution in [2.75, 3.05) is 0 Å². The van der Waals surface area contributed by atoms with Crippen LogP contribution in [0.2, 0.25) is 0 Å². The van der Waals surface area contributed by atoms with Crippen LogP contribution in [0, 0.1) is 0 Å². The summed E-state index contributed by atoms with van der Waals surface area (Å²) < 4.78 is 11.0. The average molecular weight is 323 g/mol. The molecule has 0 radical (unpaired) electrons. The highest BCUT2D eigenvalue weighted by atomic mass is 16.4. The molecule has 0 spiro atoms. The highest BCUT2D eigenvalue weighted by Gasteiger charge is 2.37. The van der Waals surface area contributed by atoms with Crippen LogP contribution in [0.25, 0.3) is 39.3 Å². The van der Waals surface area contributed by atoms with E-state index in [2.05, 4.69) is 81.9 Å². The molecule has 0 fully saturated rings. The van der Waals surface area contributed by atoms with E-state index in [-0.39, 0.29) is 0 Å². The Morgan fingerprint density at radius 1 is 0.800 bits per heavy atom. The second-order valence-corrected chi connectivity index (χ2v) is 6.49. The Kier molecular flexibility index (Phi) is 2.40. The molecule has 5 aromatic rings. The molecule has 0 atom stereocenters. The van der Waals surface area contributed by atoms with E-state index in [1.165, 1.54) is 27.5 Å². The maximum absolute atomic E-state index is 6.43. The summed E-state index contributed by atoms with van der Waals surface area (Å²) in [7, 11) is 0. The van der Waals surface area contributed by atoms with Gasteiger partial charge in [-0.15, -0.1) is 4.57 Å². The fourth-order valence-electron chi connectivity index (χ4n) is 4.02. The predicted octanol–water partition coefficient (Wildman–Crippen LogP) is 4.69. The average Bonchev–Trinajstić information content (AvgIpc) is 3.29. The van der Waals surface area contributed by atoms with Crippen molar-refractivity contribution >= 4 is 22.1 Å². The van der Waals surface area contributed by atoms with Crippen LogP contribution in [0.4, 0.5) is 0 Å². The van der Waals surface area contributed by atoms with Crippen molar-refractivity contribution in [2.45, 2.75) is 6.54 Å². The van der Waals surface area contributed by atoms with Gasteiger partial charge in [0.25, 0.3) is 11.2 Å². The summed E-state index contributed by atoms with van der Waals surface area (Å²) in [4.78, 5) is 0. The highest BCUT2D eigenvalue weighted by Crippen LogP contribution is 2.37. The lowest BCUT2D eigenvalue weighted by molar-refractivity contribution is -0.648. The maximum atomic E-state index is 6.43. The fraction of sp³-hybridized carbons (Fsp3) is 0.0455. The normalized spacial score (nSPS) is 12.6. The first kappa shape index (κ1) is 13.0. The molecule has 3 nitrogen and oxygen atoms in total. The molecule has 1 aliphatic rings. The van der Waals surface area contributed by atoms with Gasteiger partial charge in [0.1, 0.15) is 0 Å². The molecule has 2 aromatic heterocycles. The van der Waals surface area contributed by atoms with Crippen LogP contribution < -0.4 is 4.57 Å². The number of aromatic nitrogens is 2. The summed E-state index contributed by atoms with van der Waals surface area (Å²) in [5, 5.41) is 1.23. The molecule has 6 rings (SSSR count). The molecular formula is C22H15N2O+. The molecule has 1 aliphatic heterocycles. The number of hydrogen-bond donors (Lipinski definition) is 0. The first-order valence-corrected chi connectivity index (χ1v) is 8.51. The van der Waals surface area contributed by atoms with Crippen molar-refractivity contribution in [3.8, 4) is 17.1 Å². The van der Waals surface area contributed by atoms with Crippen LogP contribution in [0.15, 0.2) is 83.3 Å². The predicted molar refractivity (Wildman–Crippen MR) is 97.8 cm³/mol. The second kappa shape index (κ2) is 4.61. The molecule has 0 saturated heterocycles. The number of rotatable bonds is 1. The molecule has 118 valence electrons. The van der Waals surface area contributed by atoms with Crippen molar-refractivity contribution in [1.82, 2.24) is 4.57 Å². The van der Waals surface area contributed by atoms with Gasteiger partial charge < -0.3 is 4.42 Å². The summed E-state index contributed by atoms with van der Waals surface area (Å²) >= 11 is 0. The topological polar surface area (TPSA) is 21.9 Å². The minimum Gasteiger partial charge on any atom is -0.380 e. The van der Waals surface area contributed by atoms with E-state index < -0.39 is 0 Å². The third-order valence-electron chi connectivity index (χ3n) is 5.10. The lowest BCUT2D eigenvalue weighted by atomic mass is 10.1. The number of hydrogen-bond acceptors (Lipinski definition) is 1. The second-order valence-electron chi connectivity index (χ2n) is 6.49. The van der Waals surface area contributed by atoms with Crippen LogP contribution in [0.5, 0.6) is 0 Å². The smallest absolute Gasteiger partial charge is 0.380 e. The van der Waals surface area contributed by atoms with Crippen LogP contribution in [0.3, 0.4) is 0 Å². The molecule has 25 heavy (non-hydrogen) atoms. The molecule has 3 aromatic carbocycles. The van der Waals surface area contributed by atoms with E-state index in [4.69, 9.17) is 4.42 Å². The molecule has 0 amide bonds. The monoisotopic (exact) mass is 323 g/mol. The molecule has 0 aliphatic carbocycles. The fourth-order valence-corrected chi connectivity index (χ4v) is 4.02. The van der Waals surface area contributed by atoms with Crippen LogP contribution in [0.1, 0.15) is 5.56 Å². The van der Waals surface area contributed by atoms with Gasteiger partial charge in [-0.2, -0.15) is 0 Å². The van der Waals surface area contributed by atoms with Gasteiger partial charge >= 0.3 is 5.89 Å². The molecule has 0 N–H and O–H groups in total. The zero-order chi connectivity index (χ0) is 16.4. The van der Waals surface area contributed by atoms with Gasteiger partial charge in [-0.05, 0) is 30.3 Å². The van der Waals surface area contributed by atoms with Crippen molar-refractivity contribution in [1.29, 1.82) is 0 Å². The summed E-state index contributed by atoms with van der Waals surface area (Å²) in [6.45, 7) is 0.862. The third kappa shape index (κ3) is 1.62. The first-order chi connectivity index (χ1) is 12.4. The Bertz CT molecular complexity index is 1260. The Labute approximate surface area is 144 Å². The van der Waals surface area contributed by atoms with E-state index in [1.54, 1.807) is 0 Å². The number of fused-ring (bicyclic) bond motifs is 7. The van der Waals surface area contributed by atoms with E-state index in [0.29, 0.717) is 0 Å². The molecule has 0 saturated carbocycles. The van der Waals surface area contributed by atoms with E-state index >= 15 is 0 Å². The number of nitrogens with zero attached hydrogens (tertiary/aromatic N) is 2. The summed E-state index contributed by atoms with van der Waals surface area (Å²) in [5.74, 6) is 0.955. The molecule has 3 heteroatoms. The van der Waals surface area contributed by atoms with E-state index in [9.17, 15) is 0 Å². The third-order valence-corrected chi connectivity index (χ3v) is 5.10. The van der Waals surface area contributed by atoms with Crippen molar-refractivity contribution < 1.29 is 8.98 Å². The van der Waals surface area contributed by atoms with Crippen molar-refractivity contribution in [2.24, 2.45) is 0 Å². The van der Waals surface area contributed by atoms with E-state index in [0.717, 1.165) is 23.8 Å². The standard InChI is InChI=1S/C22H15N2O/c1-2-9-16(10-3-1)24-19-13-7-6-12-18(19)20-22(24)25-21-17-11-5-4-8-15(17)14-23(20)21/h1-13H,14H2/q+1. The zero-order valence-electron chi connectivity index (χ0n) is 13.5. The number of para-hydroxylation sites is 2. The summed E-state index contributed by atoms with van der Waals surface area (Å²) in [5.41, 5.74) is 6.90. The Morgan fingerprint density at radius 3 is 2.48 bits per heavy atom. The van der Waals surface area contributed by atoms with Gasteiger partial charge in [0.2, 0.25) is 0 Å². The number of oxazole rings is 1. The number of benzene rings is 3. The Morgan fingerprint density at radius 2 is 1.56 bits per heavy atom. The lowest BCUT2D eigenvalue weighted by Crippen LogP contribution is -2.30. The van der Waals surface area contributed by atoms with E-state index in [1.807, 2.05) is 6.07 Å². The molecule has 3 heterocycles. The lowest BCUT2D eigenvalue weighted by Gasteiger charge is -2.04. The first-order valence-electron chi connectivity index (χ1n) is 8.51. The van der Waals surface area contributed by atoms with Gasteiger partial charge in [-0.1, -0.05) is 48.5 Å². The SMILES string of the molecule is c1ccc(-n2c3ccccc3c3c2oc2[n+]3Cc3ccccc3-2)cc1. The van der Waals surface area contributed by atoms with Crippen molar-refractivity contribution in [3.63, 3.8) is 0 Å². The van der Waals surface area contributed by atoms with Crippen LogP contribution in [-0.4, -0.2) is 4.57 Å². The summed E-state index contributed by atoms with van der Waals surface area (Å²) in [6.07, 6.45) is 0. The molecule has 0 unspecified atom stereocenters. The van der Waals surface area contributed by atoms with Gasteiger partial charge in [-0.25, -0.2) is 0 Å². The Balaban J connectivity index is 1.78. The van der Waals surface area contributed by atoms with Gasteiger partial charge in [0.15, 0.2) is 6.54 Å². The highest BCUT2D eigenvalue weighted by molar-refractivity contribution is 6.04. The molecular weight excluding hydrogens is 308 g/mol. The quantitative estimate of drug-likeness (QED) is 0.402. The maximum Gasteiger partial charge on any atom is 0.383 e. The minimum atomic E-state index is 0.862. The summed E-state index contributed by atoms with van der Waals surface area (Å²) in [6, 6.07) is 27.4. The van der Waals surface area contributed by atoms with Crippen LogP contribution >= 0.6 is 0 Å². The van der Waals surface area contributed by atoms with Gasteiger partial charge in [0, 0.05) is 11.3 Å². The van der Waals surface area contributed by atoms with Crippen LogP contribution in [-0.2, 0) is 6.54 Å². The van der Waals surface area contributed by atoms with Crippen molar-refractivity contribution in [3.05, 3.63) is 84.4 Å². The zero-order valence-corrected chi connectivity index (χ0v) is 13.5. The molecule has 0 bridgehead atoms.